The summed E-state index contributed by atoms with van der Waals surface area (Å²) in [4.78, 5) is 4.17. The monoisotopic (exact) mass is 162 g/mol. The van der Waals surface area contributed by atoms with Gasteiger partial charge >= 0.3 is 0 Å². The van der Waals surface area contributed by atoms with E-state index >= 15 is 0 Å². The van der Waals surface area contributed by atoms with Crippen LogP contribution in [0.25, 0.3) is 0 Å². The normalized spacial score (nSPS) is 12.2. The third-order valence-corrected chi connectivity index (χ3v) is 1.64. The summed E-state index contributed by atoms with van der Waals surface area (Å²) in [6.07, 6.45) is 3.65. The minimum atomic E-state index is 0.263. The zero-order chi connectivity index (χ0) is 8.97. The molecule has 1 aromatic heterocycles. The average molecular weight is 162 g/mol. The highest BCUT2D eigenvalue weighted by Gasteiger charge is 1.96. The van der Waals surface area contributed by atoms with E-state index in [1.807, 2.05) is 32.1 Å². The maximum absolute atomic E-state index is 4.17. The summed E-state index contributed by atoms with van der Waals surface area (Å²) in [5, 5.41) is 3.20. The van der Waals surface area contributed by atoms with E-state index in [0.29, 0.717) is 0 Å². The van der Waals surface area contributed by atoms with Crippen molar-refractivity contribution in [2.24, 2.45) is 0 Å². The number of rotatable bonds is 3. The molecule has 1 aromatic rings. The Hall–Kier alpha value is -1.31. The fourth-order valence-electron chi connectivity index (χ4n) is 0.907. The Labute approximate surface area is 73.3 Å². The van der Waals surface area contributed by atoms with E-state index in [-0.39, 0.29) is 6.04 Å². The first-order chi connectivity index (χ1) is 5.72. The topological polar surface area (TPSA) is 24.9 Å². The zero-order valence-electron chi connectivity index (χ0n) is 7.54. The van der Waals surface area contributed by atoms with Crippen LogP contribution in [0.3, 0.4) is 0 Å². The third-order valence-electron chi connectivity index (χ3n) is 1.64. The third kappa shape index (κ3) is 2.38. The molecule has 2 heteroatoms. The van der Waals surface area contributed by atoms with E-state index in [4.69, 9.17) is 0 Å². The van der Waals surface area contributed by atoms with Crippen LogP contribution in [0.15, 0.2) is 31.0 Å². The number of nitrogens with zero attached hydrogens (tertiary/aromatic N) is 1. The molecule has 0 aromatic carbocycles. The summed E-state index contributed by atoms with van der Waals surface area (Å²) in [7, 11) is 0. The number of hydrogen-bond donors (Lipinski definition) is 1. The van der Waals surface area contributed by atoms with Crippen molar-refractivity contribution in [2.45, 2.75) is 19.9 Å². The number of hydrogen-bond acceptors (Lipinski definition) is 2. The molecule has 0 bridgehead atoms. The lowest BCUT2D eigenvalue weighted by molar-refractivity contribution is 0.982. The van der Waals surface area contributed by atoms with E-state index < -0.39 is 0 Å². The van der Waals surface area contributed by atoms with Gasteiger partial charge in [-0.3, -0.25) is 0 Å². The molecular formula is C10H14N2. The molecule has 0 aliphatic carbocycles. The lowest BCUT2D eigenvalue weighted by Gasteiger charge is -2.09. The molecule has 0 fully saturated rings. The number of nitrogens with one attached hydrogen (secondary N) is 1. The van der Waals surface area contributed by atoms with Gasteiger partial charge in [0.25, 0.3) is 0 Å². The van der Waals surface area contributed by atoms with Gasteiger partial charge in [-0.25, -0.2) is 4.98 Å². The van der Waals surface area contributed by atoms with Crippen molar-refractivity contribution in [1.29, 1.82) is 0 Å². The van der Waals surface area contributed by atoms with E-state index in [2.05, 4.69) is 16.9 Å². The fraction of sp³-hybridized carbons (Fsp3) is 0.300. The van der Waals surface area contributed by atoms with E-state index in [1.54, 1.807) is 6.20 Å². The fourth-order valence-corrected chi connectivity index (χ4v) is 0.907. The van der Waals surface area contributed by atoms with Crippen LogP contribution in [-0.2, 0) is 0 Å². The predicted octanol–water partition coefficient (Wildman–Crippen LogP) is 2.38. The largest absolute Gasteiger partial charge is 0.364 e. The molecule has 0 saturated heterocycles. The van der Waals surface area contributed by atoms with Gasteiger partial charge in [0, 0.05) is 12.2 Å². The molecule has 1 unspecified atom stereocenters. The van der Waals surface area contributed by atoms with Gasteiger partial charge in [0.2, 0.25) is 0 Å². The van der Waals surface area contributed by atoms with Gasteiger partial charge in [-0.1, -0.05) is 6.08 Å². The summed E-state index contributed by atoms with van der Waals surface area (Å²) < 4.78 is 0. The molecule has 1 heterocycles. The molecule has 1 N–H and O–H groups in total. The smallest absolute Gasteiger partial charge is 0.126 e. The Kier molecular flexibility index (Phi) is 2.86. The van der Waals surface area contributed by atoms with Gasteiger partial charge in [-0.15, -0.1) is 6.58 Å². The van der Waals surface area contributed by atoms with Crippen molar-refractivity contribution < 1.29 is 0 Å². The molecular weight excluding hydrogens is 148 g/mol. The maximum Gasteiger partial charge on any atom is 0.126 e. The highest BCUT2D eigenvalue weighted by Crippen LogP contribution is 2.06. The Morgan fingerprint density at radius 1 is 1.67 bits per heavy atom. The highest BCUT2D eigenvalue weighted by molar-refractivity contribution is 5.38. The lowest BCUT2D eigenvalue weighted by atomic mass is 10.3. The minimum Gasteiger partial charge on any atom is -0.364 e. The molecule has 12 heavy (non-hydrogen) atoms. The van der Waals surface area contributed by atoms with E-state index in [1.165, 1.54) is 5.56 Å². The van der Waals surface area contributed by atoms with Gasteiger partial charge in [0.05, 0.1) is 0 Å². The van der Waals surface area contributed by atoms with Crippen molar-refractivity contribution in [3.05, 3.63) is 36.5 Å². The van der Waals surface area contributed by atoms with Gasteiger partial charge in [-0.2, -0.15) is 0 Å². The van der Waals surface area contributed by atoms with Crippen LogP contribution >= 0.6 is 0 Å². The number of aromatic nitrogens is 1. The van der Waals surface area contributed by atoms with Gasteiger partial charge < -0.3 is 5.32 Å². The first-order valence-electron chi connectivity index (χ1n) is 4.04. The molecule has 0 aliphatic heterocycles. The van der Waals surface area contributed by atoms with Gasteiger partial charge in [0.15, 0.2) is 0 Å². The summed E-state index contributed by atoms with van der Waals surface area (Å²) in [5.74, 6) is 0.905. The molecule has 0 amide bonds. The van der Waals surface area contributed by atoms with Gasteiger partial charge in [-0.05, 0) is 31.5 Å². The molecule has 0 radical (unpaired) electrons. The lowest BCUT2D eigenvalue weighted by Crippen LogP contribution is -2.12. The van der Waals surface area contributed by atoms with Crippen molar-refractivity contribution in [3.8, 4) is 0 Å². The molecule has 0 aliphatic rings. The van der Waals surface area contributed by atoms with Crippen LogP contribution < -0.4 is 5.32 Å². The average Bonchev–Trinajstić information content (AvgIpc) is 2.04. The summed E-state index contributed by atoms with van der Waals surface area (Å²) in [5.41, 5.74) is 1.21. The first-order valence-corrected chi connectivity index (χ1v) is 4.04. The second-order valence-corrected chi connectivity index (χ2v) is 2.89. The molecule has 0 saturated carbocycles. The van der Waals surface area contributed by atoms with Crippen LogP contribution in [0.2, 0.25) is 0 Å². The second-order valence-electron chi connectivity index (χ2n) is 2.89. The van der Waals surface area contributed by atoms with Crippen molar-refractivity contribution in [2.75, 3.05) is 5.32 Å². The van der Waals surface area contributed by atoms with Crippen LogP contribution in [0.1, 0.15) is 12.5 Å². The van der Waals surface area contributed by atoms with Crippen molar-refractivity contribution in [1.82, 2.24) is 4.98 Å². The van der Waals surface area contributed by atoms with Crippen LogP contribution in [0.4, 0.5) is 5.82 Å². The predicted molar refractivity (Wildman–Crippen MR) is 52.3 cm³/mol. The second kappa shape index (κ2) is 3.90. The highest BCUT2D eigenvalue weighted by atomic mass is 15.0. The Bertz CT molecular complexity index is 268. The number of anilines is 1. The standard InChI is InChI=1S/C10H14N2/c1-4-9(3)12-10-7-8(2)5-6-11-10/h4-7,9H,1H2,2-3H3,(H,11,12). The molecule has 1 rings (SSSR count). The maximum atomic E-state index is 4.17. The van der Waals surface area contributed by atoms with Crippen LogP contribution in [0.5, 0.6) is 0 Å². The molecule has 1 atom stereocenters. The van der Waals surface area contributed by atoms with Crippen LogP contribution in [0, 0.1) is 6.92 Å². The summed E-state index contributed by atoms with van der Waals surface area (Å²) in [6.45, 7) is 7.77. The first kappa shape index (κ1) is 8.78. The SMILES string of the molecule is C=CC(C)Nc1cc(C)ccn1. The summed E-state index contributed by atoms with van der Waals surface area (Å²) in [6, 6.07) is 4.25. The van der Waals surface area contributed by atoms with Crippen LogP contribution in [-0.4, -0.2) is 11.0 Å². The summed E-state index contributed by atoms with van der Waals surface area (Å²) >= 11 is 0. The molecule has 0 spiro atoms. The molecule has 2 nitrogen and oxygen atoms in total. The Balaban J connectivity index is 2.69. The van der Waals surface area contributed by atoms with Crippen molar-refractivity contribution >= 4 is 5.82 Å². The number of pyridine rings is 1. The minimum absolute atomic E-state index is 0.263. The van der Waals surface area contributed by atoms with Gasteiger partial charge in [0.1, 0.15) is 5.82 Å². The van der Waals surface area contributed by atoms with E-state index in [0.717, 1.165) is 5.82 Å². The molecule has 64 valence electrons. The number of aryl methyl sites for hydroxylation is 1. The zero-order valence-corrected chi connectivity index (χ0v) is 7.54. The van der Waals surface area contributed by atoms with E-state index in [9.17, 15) is 0 Å². The quantitative estimate of drug-likeness (QED) is 0.690. The Morgan fingerprint density at radius 2 is 2.42 bits per heavy atom. The van der Waals surface area contributed by atoms with Crippen molar-refractivity contribution in [3.63, 3.8) is 0 Å². The Morgan fingerprint density at radius 3 is 3.00 bits per heavy atom.